The molecule has 39 heavy (non-hydrogen) atoms. The highest BCUT2D eigenvalue weighted by molar-refractivity contribution is 5.74. The molecule has 7 heteroatoms. The molecule has 0 radical (unpaired) electrons. The molecule has 1 aromatic carbocycles. The highest BCUT2D eigenvalue weighted by Gasteiger charge is 2.28. The SMILES string of the molecule is Cc1ccnn1-c1cccc(C(CC(=O)OC(C)(C)C)CN2CC[C@@H](CCc3ccc4cccnc4n3)C2)c1. The van der Waals surface area contributed by atoms with Gasteiger partial charge in [-0.2, -0.15) is 5.10 Å². The van der Waals surface area contributed by atoms with Gasteiger partial charge in [-0.15, -0.1) is 0 Å². The molecule has 0 spiro atoms. The van der Waals surface area contributed by atoms with Crippen LogP contribution in [-0.2, 0) is 16.0 Å². The maximum absolute atomic E-state index is 12.9. The Balaban J connectivity index is 1.25. The maximum Gasteiger partial charge on any atom is 0.306 e. The fourth-order valence-electron chi connectivity index (χ4n) is 5.53. The Labute approximate surface area is 231 Å². The van der Waals surface area contributed by atoms with Gasteiger partial charge in [0.1, 0.15) is 5.60 Å². The molecule has 5 rings (SSSR count). The third-order valence-corrected chi connectivity index (χ3v) is 7.43. The van der Waals surface area contributed by atoms with E-state index in [0.717, 1.165) is 72.6 Å². The number of ether oxygens (including phenoxy) is 1. The number of esters is 1. The van der Waals surface area contributed by atoms with E-state index in [2.05, 4.69) is 51.4 Å². The molecule has 0 N–H and O–H groups in total. The van der Waals surface area contributed by atoms with Gasteiger partial charge in [-0.25, -0.2) is 14.6 Å². The van der Waals surface area contributed by atoms with E-state index in [4.69, 9.17) is 9.72 Å². The average Bonchev–Trinajstić information content (AvgIpc) is 3.54. The Morgan fingerprint density at radius 3 is 2.77 bits per heavy atom. The second kappa shape index (κ2) is 11.7. The molecular formula is C32H39N5O2. The molecule has 7 nitrogen and oxygen atoms in total. The Bertz CT molecular complexity index is 1420. The largest absolute Gasteiger partial charge is 0.460 e. The smallest absolute Gasteiger partial charge is 0.306 e. The lowest BCUT2D eigenvalue weighted by Crippen LogP contribution is -2.30. The fraction of sp³-hybridized carbons (Fsp3) is 0.438. The van der Waals surface area contributed by atoms with Crippen molar-refractivity contribution < 1.29 is 9.53 Å². The van der Waals surface area contributed by atoms with Crippen molar-refractivity contribution in [2.45, 2.75) is 64.9 Å². The lowest BCUT2D eigenvalue weighted by atomic mass is 9.94. The lowest BCUT2D eigenvalue weighted by Gasteiger charge is -2.26. The van der Waals surface area contributed by atoms with Crippen molar-refractivity contribution in [3.8, 4) is 5.69 Å². The van der Waals surface area contributed by atoms with Crippen molar-refractivity contribution in [2.24, 2.45) is 5.92 Å². The van der Waals surface area contributed by atoms with Gasteiger partial charge in [-0.05, 0) is 107 Å². The highest BCUT2D eigenvalue weighted by atomic mass is 16.6. The summed E-state index contributed by atoms with van der Waals surface area (Å²) < 4.78 is 7.67. The van der Waals surface area contributed by atoms with Gasteiger partial charge in [0.05, 0.1) is 12.1 Å². The monoisotopic (exact) mass is 525 g/mol. The van der Waals surface area contributed by atoms with Gasteiger partial charge in [0, 0.05) is 48.2 Å². The quantitative estimate of drug-likeness (QED) is 0.254. The zero-order chi connectivity index (χ0) is 27.4. The van der Waals surface area contributed by atoms with E-state index in [0.29, 0.717) is 12.3 Å². The van der Waals surface area contributed by atoms with Gasteiger partial charge in [-0.1, -0.05) is 12.1 Å². The number of fused-ring (bicyclic) bond motifs is 1. The molecule has 1 saturated heterocycles. The minimum atomic E-state index is -0.499. The van der Waals surface area contributed by atoms with Crippen molar-refractivity contribution in [1.29, 1.82) is 0 Å². The third kappa shape index (κ3) is 7.09. The number of carbonyl (C=O) groups excluding carboxylic acids is 1. The average molecular weight is 526 g/mol. The summed E-state index contributed by atoms with van der Waals surface area (Å²) in [5.41, 5.74) is 4.66. The van der Waals surface area contributed by atoms with Gasteiger partial charge < -0.3 is 9.64 Å². The molecule has 1 fully saturated rings. The van der Waals surface area contributed by atoms with Crippen LogP contribution in [0, 0.1) is 12.8 Å². The van der Waals surface area contributed by atoms with E-state index in [-0.39, 0.29) is 11.9 Å². The Morgan fingerprint density at radius 1 is 1.10 bits per heavy atom. The van der Waals surface area contributed by atoms with Gasteiger partial charge in [0.2, 0.25) is 0 Å². The van der Waals surface area contributed by atoms with E-state index < -0.39 is 5.60 Å². The number of hydrogen-bond acceptors (Lipinski definition) is 6. The number of nitrogens with zero attached hydrogens (tertiary/aromatic N) is 5. The number of hydrogen-bond donors (Lipinski definition) is 0. The molecule has 2 atom stereocenters. The minimum absolute atomic E-state index is 0.0441. The number of rotatable bonds is 9. The van der Waals surface area contributed by atoms with E-state index >= 15 is 0 Å². The zero-order valence-electron chi connectivity index (χ0n) is 23.5. The molecule has 0 bridgehead atoms. The molecule has 3 aromatic heterocycles. The molecule has 1 aliphatic rings. The summed E-state index contributed by atoms with van der Waals surface area (Å²) in [5, 5.41) is 5.56. The van der Waals surface area contributed by atoms with Gasteiger partial charge in [-0.3, -0.25) is 4.79 Å². The van der Waals surface area contributed by atoms with Crippen LogP contribution in [-0.4, -0.2) is 55.9 Å². The number of aromatic nitrogens is 4. The summed E-state index contributed by atoms with van der Waals surface area (Å²) in [6, 6.07) is 18.7. The summed E-state index contributed by atoms with van der Waals surface area (Å²) >= 11 is 0. The predicted molar refractivity (Wildman–Crippen MR) is 154 cm³/mol. The predicted octanol–water partition coefficient (Wildman–Crippen LogP) is 5.89. The molecule has 0 aliphatic carbocycles. The van der Waals surface area contributed by atoms with Crippen LogP contribution in [0.15, 0.2) is 67.0 Å². The van der Waals surface area contributed by atoms with Crippen LogP contribution in [0.4, 0.5) is 0 Å². The first-order chi connectivity index (χ1) is 18.7. The third-order valence-electron chi connectivity index (χ3n) is 7.43. The Kier molecular flexibility index (Phi) is 8.07. The van der Waals surface area contributed by atoms with Crippen molar-refractivity contribution in [1.82, 2.24) is 24.6 Å². The van der Waals surface area contributed by atoms with Crippen LogP contribution < -0.4 is 0 Å². The lowest BCUT2D eigenvalue weighted by molar-refractivity contribution is -0.155. The van der Waals surface area contributed by atoms with E-state index in [9.17, 15) is 4.79 Å². The van der Waals surface area contributed by atoms with Gasteiger partial charge >= 0.3 is 5.97 Å². The number of pyridine rings is 2. The Hall–Kier alpha value is -3.58. The maximum atomic E-state index is 12.9. The van der Waals surface area contributed by atoms with Crippen molar-refractivity contribution in [2.75, 3.05) is 19.6 Å². The molecular weight excluding hydrogens is 486 g/mol. The van der Waals surface area contributed by atoms with Crippen LogP contribution in [0.5, 0.6) is 0 Å². The van der Waals surface area contributed by atoms with Crippen LogP contribution in [0.3, 0.4) is 0 Å². The molecule has 0 amide bonds. The van der Waals surface area contributed by atoms with Crippen molar-refractivity contribution in [3.05, 3.63) is 83.9 Å². The normalized spacial score (nSPS) is 17.0. The van der Waals surface area contributed by atoms with E-state index in [1.54, 1.807) is 6.20 Å². The number of benzene rings is 1. The van der Waals surface area contributed by atoms with Crippen molar-refractivity contribution in [3.63, 3.8) is 0 Å². The van der Waals surface area contributed by atoms with E-state index in [1.165, 1.54) is 0 Å². The number of aryl methyl sites for hydroxylation is 2. The second-order valence-corrected chi connectivity index (χ2v) is 11.8. The van der Waals surface area contributed by atoms with Crippen LogP contribution in [0.2, 0.25) is 0 Å². The molecule has 1 aliphatic heterocycles. The van der Waals surface area contributed by atoms with Gasteiger partial charge in [0.25, 0.3) is 0 Å². The van der Waals surface area contributed by atoms with Crippen LogP contribution >= 0.6 is 0 Å². The van der Waals surface area contributed by atoms with Gasteiger partial charge in [0.15, 0.2) is 5.65 Å². The molecule has 0 saturated carbocycles. The molecule has 4 aromatic rings. The number of likely N-dealkylation sites (tertiary alicyclic amines) is 1. The summed E-state index contributed by atoms with van der Waals surface area (Å²) in [4.78, 5) is 24.6. The minimum Gasteiger partial charge on any atom is -0.460 e. The summed E-state index contributed by atoms with van der Waals surface area (Å²) in [5.74, 6) is 0.508. The molecule has 204 valence electrons. The molecule has 1 unspecified atom stereocenters. The summed E-state index contributed by atoms with van der Waals surface area (Å²) in [7, 11) is 0. The van der Waals surface area contributed by atoms with Crippen molar-refractivity contribution >= 4 is 17.0 Å². The van der Waals surface area contributed by atoms with Crippen LogP contribution in [0.1, 0.15) is 62.9 Å². The first kappa shape index (κ1) is 27.0. The van der Waals surface area contributed by atoms with E-state index in [1.807, 2.05) is 56.8 Å². The summed E-state index contributed by atoms with van der Waals surface area (Å²) in [6.07, 6.45) is 7.19. The Morgan fingerprint density at radius 2 is 1.97 bits per heavy atom. The summed E-state index contributed by atoms with van der Waals surface area (Å²) in [6.45, 7) is 10.7. The standard InChI is InChI=1S/C32H39N5O2/c1-23-14-17-34-37(23)29-9-5-7-26(19-29)27(20-30(38)39-32(2,3)4)22-36-18-15-24(21-36)10-12-28-13-11-25-8-6-16-33-31(25)35-28/h5-9,11,13-14,16-17,19,24,27H,10,12,15,18,20-22H2,1-4H3/t24-,27?/m1/s1. The molecule has 4 heterocycles. The zero-order valence-corrected chi connectivity index (χ0v) is 23.5. The first-order valence-corrected chi connectivity index (χ1v) is 14.0. The second-order valence-electron chi connectivity index (χ2n) is 11.8. The number of carbonyl (C=O) groups is 1. The fourth-order valence-corrected chi connectivity index (χ4v) is 5.53. The first-order valence-electron chi connectivity index (χ1n) is 14.0. The highest BCUT2D eigenvalue weighted by Crippen LogP contribution is 2.29. The van der Waals surface area contributed by atoms with Crippen LogP contribution in [0.25, 0.3) is 16.7 Å². The topological polar surface area (TPSA) is 73.1 Å².